The fourth-order valence-electron chi connectivity index (χ4n) is 1.45. The smallest absolute Gasteiger partial charge is 0.303 e. The van der Waals surface area contributed by atoms with Gasteiger partial charge in [-0.15, -0.1) is 0 Å². The lowest BCUT2D eigenvalue weighted by atomic mass is 10.1. The average molecular weight is 218 g/mol. The Kier molecular flexibility index (Phi) is 9.52. The summed E-state index contributed by atoms with van der Waals surface area (Å²) in [4.78, 5) is 10.2. The molecule has 0 fully saturated rings. The minimum absolute atomic E-state index is 0.154. The standard InChI is InChI=1S/C11H22O4/c12-9-10(13)7-5-3-1-2-4-6-8-11(14)15/h10,12-13H,1-9H2,(H,14,15)/t10-/m0/s1. The van der Waals surface area contributed by atoms with Crippen LogP contribution in [0.5, 0.6) is 0 Å². The molecule has 4 nitrogen and oxygen atoms in total. The van der Waals surface area contributed by atoms with E-state index in [1.165, 1.54) is 0 Å². The highest BCUT2D eigenvalue weighted by atomic mass is 16.4. The lowest BCUT2D eigenvalue weighted by molar-refractivity contribution is -0.137. The summed E-state index contributed by atoms with van der Waals surface area (Å²) in [6, 6.07) is 0. The van der Waals surface area contributed by atoms with Gasteiger partial charge in [0.1, 0.15) is 0 Å². The largest absolute Gasteiger partial charge is 0.481 e. The van der Waals surface area contributed by atoms with Crippen LogP contribution in [0.4, 0.5) is 0 Å². The molecule has 0 amide bonds. The van der Waals surface area contributed by atoms with Crippen molar-refractivity contribution in [2.24, 2.45) is 0 Å². The van der Waals surface area contributed by atoms with Crippen LogP contribution in [0.25, 0.3) is 0 Å². The second kappa shape index (κ2) is 9.93. The van der Waals surface area contributed by atoms with E-state index >= 15 is 0 Å². The van der Waals surface area contributed by atoms with Crippen LogP contribution in [0.15, 0.2) is 0 Å². The summed E-state index contributed by atoms with van der Waals surface area (Å²) in [6.45, 7) is -0.154. The van der Waals surface area contributed by atoms with Gasteiger partial charge in [-0.1, -0.05) is 32.1 Å². The molecule has 0 saturated carbocycles. The lowest BCUT2D eigenvalue weighted by Crippen LogP contribution is -2.10. The van der Waals surface area contributed by atoms with Gasteiger partial charge in [-0.2, -0.15) is 0 Å². The first-order chi connectivity index (χ1) is 7.16. The fraction of sp³-hybridized carbons (Fsp3) is 0.909. The summed E-state index contributed by atoms with van der Waals surface area (Å²) >= 11 is 0. The first kappa shape index (κ1) is 14.4. The van der Waals surface area contributed by atoms with Gasteiger partial charge in [-0.25, -0.2) is 0 Å². The van der Waals surface area contributed by atoms with Crippen molar-refractivity contribution >= 4 is 5.97 Å². The summed E-state index contributed by atoms with van der Waals surface area (Å²) in [6.07, 6.45) is 6.20. The summed E-state index contributed by atoms with van der Waals surface area (Å²) < 4.78 is 0. The van der Waals surface area contributed by atoms with E-state index < -0.39 is 12.1 Å². The second-order valence-corrected chi connectivity index (χ2v) is 3.89. The fourth-order valence-corrected chi connectivity index (χ4v) is 1.45. The number of rotatable bonds is 10. The van der Waals surface area contributed by atoms with Crippen LogP contribution in [0.2, 0.25) is 0 Å². The Morgan fingerprint density at radius 2 is 1.53 bits per heavy atom. The number of aliphatic carboxylic acids is 1. The van der Waals surface area contributed by atoms with Crippen LogP contribution in [0, 0.1) is 0 Å². The van der Waals surface area contributed by atoms with Crippen LogP contribution >= 0.6 is 0 Å². The van der Waals surface area contributed by atoms with Crippen LogP contribution in [0.3, 0.4) is 0 Å². The highest BCUT2D eigenvalue weighted by molar-refractivity contribution is 5.66. The number of aliphatic hydroxyl groups excluding tert-OH is 2. The molecular formula is C11H22O4. The van der Waals surface area contributed by atoms with Gasteiger partial charge in [0.15, 0.2) is 0 Å². The minimum atomic E-state index is -0.721. The molecule has 0 aromatic carbocycles. The molecule has 0 radical (unpaired) electrons. The van der Waals surface area contributed by atoms with Crippen molar-refractivity contribution in [3.05, 3.63) is 0 Å². The Bertz CT molecular complexity index is 159. The normalized spacial score (nSPS) is 12.7. The molecule has 0 aliphatic rings. The highest BCUT2D eigenvalue weighted by Crippen LogP contribution is 2.09. The number of hydrogen-bond donors (Lipinski definition) is 3. The number of carboxylic acid groups (broad SMARTS) is 1. The van der Waals surface area contributed by atoms with Crippen molar-refractivity contribution in [2.45, 2.75) is 57.5 Å². The predicted molar refractivity (Wildman–Crippen MR) is 57.7 cm³/mol. The van der Waals surface area contributed by atoms with Crippen LogP contribution in [-0.2, 0) is 4.79 Å². The zero-order valence-electron chi connectivity index (χ0n) is 9.19. The first-order valence-corrected chi connectivity index (χ1v) is 5.67. The summed E-state index contributed by atoms with van der Waals surface area (Å²) in [5.74, 6) is -0.721. The molecule has 15 heavy (non-hydrogen) atoms. The van der Waals surface area contributed by atoms with E-state index in [0.717, 1.165) is 38.5 Å². The van der Waals surface area contributed by atoms with Gasteiger partial charge < -0.3 is 15.3 Å². The van der Waals surface area contributed by atoms with E-state index in [0.29, 0.717) is 6.42 Å². The third-order valence-electron chi connectivity index (χ3n) is 2.39. The van der Waals surface area contributed by atoms with Gasteiger partial charge in [-0.3, -0.25) is 4.79 Å². The molecule has 0 unspecified atom stereocenters. The number of carbonyl (C=O) groups is 1. The summed E-state index contributed by atoms with van der Waals surface area (Å²) in [5.41, 5.74) is 0. The maximum Gasteiger partial charge on any atom is 0.303 e. The second-order valence-electron chi connectivity index (χ2n) is 3.89. The first-order valence-electron chi connectivity index (χ1n) is 5.67. The summed E-state index contributed by atoms with van der Waals surface area (Å²) in [5, 5.41) is 26.0. The van der Waals surface area contributed by atoms with Crippen molar-refractivity contribution in [1.82, 2.24) is 0 Å². The molecule has 0 spiro atoms. The molecule has 90 valence electrons. The molecule has 3 N–H and O–H groups in total. The van der Waals surface area contributed by atoms with Crippen molar-refractivity contribution in [1.29, 1.82) is 0 Å². The zero-order valence-corrected chi connectivity index (χ0v) is 9.19. The summed E-state index contributed by atoms with van der Waals surface area (Å²) in [7, 11) is 0. The third kappa shape index (κ3) is 11.3. The molecule has 0 aliphatic heterocycles. The van der Waals surface area contributed by atoms with E-state index in [1.54, 1.807) is 0 Å². The van der Waals surface area contributed by atoms with Gasteiger partial charge in [0.05, 0.1) is 12.7 Å². The Hall–Kier alpha value is -0.610. The Morgan fingerprint density at radius 3 is 2.07 bits per heavy atom. The monoisotopic (exact) mass is 218 g/mol. The van der Waals surface area contributed by atoms with E-state index in [2.05, 4.69) is 0 Å². The Labute approximate surface area is 90.9 Å². The molecule has 0 heterocycles. The van der Waals surface area contributed by atoms with Crippen molar-refractivity contribution in [3.63, 3.8) is 0 Å². The molecule has 0 aromatic rings. The van der Waals surface area contributed by atoms with Crippen LogP contribution in [-0.4, -0.2) is 34.0 Å². The van der Waals surface area contributed by atoms with Gasteiger partial charge in [-0.05, 0) is 12.8 Å². The third-order valence-corrected chi connectivity index (χ3v) is 2.39. The van der Waals surface area contributed by atoms with Crippen LogP contribution < -0.4 is 0 Å². The number of aliphatic hydroxyl groups is 2. The molecule has 0 saturated heterocycles. The predicted octanol–water partition coefficient (Wildman–Crippen LogP) is 1.54. The molecular weight excluding hydrogens is 196 g/mol. The van der Waals surface area contributed by atoms with Crippen molar-refractivity contribution < 1.29 is 20.1 Å². The number of unbranched alkanes of at least 4 members (excludes halogenated alkanes) is 5. The maximum absolute atomic E-state index is 10.2. The molecule has 0 bridgehead atoms. The minimum Gasteiger partial charge on any atom is -0.481 e. The molecule has 1 atom stereocenters. The van der Waals surface area contributed by atoms with Gasteiger partial charge >= 0.3 is 5.97 Å². The SMILES string of the molecule is O=C(O)CCCCCCCC[C@H](O)CO. The molecule has 0 rings (SSSR count). The maximum atomic E-state index is 10.2. The van der Waals surface area contributed by atoms with E-state index in [4.69, 9.17) is 15.3 Å². The Balaban J connectivity index is 3.02. The lowest BCUT2D eigenvalue weighted by Gasteiger charge is -2.05. The van der Waals surface area contributed by atoms with Crippen LogP contribution in [0.1, 0.15) is 51.4 Å². The zero-order chi connectivity index (χ0) is 11.5. The molecule has 4 heteroatoms. The van der Waals surface area contributed by atoms with Gasteiger partial charge in [0.25, 0.3) is 0 Å². The van der Waals surface area contributed by atoms with Gasteiger partial charge in [0, 0.05) is 6.42 Å². The van der Waals surface area contributed by atoms with Crippen molar-refractivity contribution in [3.8, 4) is 0 Å². The quantitative estimate of drug-likeness (QED) is 0.486. The van der Waals surface area contributed by atoms with Crippen molar-refractivity contribution in [2.75, 3.05) is 6.61 Å². The molecule has 0 aliphatic carbocycles. The van der Waals surface area contributed by atoms with Gasteiger partial charge in [0.2, 0.25) is 0 Å². The van der Waals surface area contributed by atoms with E-state index in [-0.39, 0.29) is 13.0 Å². The topological polar surface area (TPSA) is 77.8 Å². The number of hydrogen-bond acceptors (Lipinski definition) is 3. The number of carboxylic acids is 1. The molecule has 0 aromatic heterocycles. The Morgan fingerprint density at radius 1 is 1.00 bits per heavy atom. The highest BCUT2D eigenvalue weighted by Gasteiger charge is 2.01. The average Bonchev–Trinajstić information content (AvgIpc) is 2.21. The van der Waals surface area contributed by atoms with E-state index in [9.17, 15) is 4.79 Å². The van der Waals surface area contributed by atoms with E-state index in [1.807, 2.05) is 0 Å².